The maximum Gasteiger partial charge on any atom is 0.261 e. The van der Waals surface area contributed by atoms with Gasteiger partial charge in [-0.05, 0) is 45.0 Å². The van der Waals surface area contributed by atoms with Gasteiger partial charge < -0.3 is 9.30 Å². The highest BCUT2D eigenvalue weighted by Gasteiger charge is 2.19. The van der Waals surface area contributed by atoms with Crippen LogP contribution in [0.15, 0.2) is 35.4 Å². The third kappa shape index (κ3) is 3.68. The molecule has 0 saturated carbocycles. The molecule has 3 rings (SSSR count). The Hall–Kier alpha value is -2.44. The smallest absolute Gasteiger partial charge is 0.261 e. The van der Waals surface area contributed by atoms with Crippen molar-refractivity contribution >= 4 is 28.3 Å². The molecule has 0 radical (unpaired) electrons. The average molecular weight is 388 g/mol. The first-order chi connectivity index (χ1) is 12.8. The van der Waals surface area contributed by atoms with Crippen molar-refractivity contribution in [1.29, 1.82) is 0 Å². The van der Waals surface area contributed by atoms with E-state index in [1.54, 1.807) is 25.3 Å². The number of Topliss-reactive ketones (excluding diaryl/α,β-unsaturated/α-hetero) is 1. The Labute approximate surface area is 162 Å². The summed E-state index contributed by atoms with van der Waals surface area (Å²) in [6.07, 6.45) is 1.41. The Morgan fingerprint density at radius 1 is 1.30 bits per heavy atom. The van der Waals surface area contributed by atoms with Gasteiger partial charge in [-0.3, -0.25) is 14.2 Å². The molecule has 1 atom stereocenters. The second-order valence-corrected chi connectivity index (χ2v) is 7.16. The fourth-order valence-electron chi connectivity index (χ4n) is 3.54. The summed E-state index contributed by atoms with van der Waals surface area (Å²) in [5.74, 6) is -0.135. The maximum absolute atomic E-state index is 12.9. The van der Waals surface area contributed by atoms with Crippen LogP contribution >= 0.6 is 11.6 Å². The lowest BCUT2D eigenvalue weighted by atomic mass is 10.1. The molecule has 0 aliphatic rings. The van der Waals surface area contributed by atoms with Gasteiger partial charge in [-0.1, -0.05) is 11.6 Å². The van der Waals surface area contributed by atoms with Crippen LogP contribution < -0.4 is 5.56 Å². The molecular weight excluding hydrogens is 366 g/mol. The Kier molecular flexibility index (Phi) is 5.48. The zero-order valence-electron chi connectivity index (χ0n) is 15.8. The number of ketones is 1. The van der Waals surface area contributed by atoms with Gasteiger partial charge in [0.1, 0.15) is 0 Å². The Morgan fingerprint density at radius 3 is 2.74 bits per heavy atom. The summed E-state index contributed by atoms with van der Waals surface area (Å²) in [5, 5.41) is 0.859. The minimum atomic E-state index is -0.280. The van der Waals surface area contributed by atoms with Crippen molar-refractivity contribution in [2.45, 2.75) is 33.4 Å². The van der Waals surface area contributed by atoms with Gasteiger partial charge in [0.15, 0.2) is 5.78 Å². The number of methoxy groups -OCH3 is 1. The van der Waals surface area contributed by atoms with Crippen molar-refractivity contribution < 1.29 is 9.53 Å². The number of carbonyl (C=O) groups excluding carboxylic acids is 1. The van der Waals surface area contributed by atoms with E-state index in [4.69, 9.17) is 16.3 Å². The number of rotatable bonds is 6. The molecule has 2 aromatic heterocycles. The van der Waals surface area contributed by atoms with E-state index in [0.29, 0.717) is 28.1 Å². The molecular formula is C20H22ClN3O3. The number of ether oxygens (including phenoxy) is 1. The van der Waals surface area contributed by atoms with Gasteiger partial charge >= 0.3 is 0 Å². The number of hydrogen-bond donors (Lipinski definition) is 0. The van der Waals surface area contributed by atoms with E-state index < -0.39 is 0 Å². The molecule has 0 aliphatic carbocycles. The van der Waals surface area contributed by atoms with Crippen molar-refractivity contribution in [3.63, 3.8) is 0 Å². The first-order valence-electron chi connectivity index (χ1n) is 8.68. The summed E-state index contributed by atoms with van der Waals surface area (Å²) < 4.78 is 8.64. The highest BCUT2D eigenvalue weighted by molar-refractivity contribution is 6.31. The van der Waals surface area contributed by atoms with Gasteiger partial charge in [0.05, 0.1) is 36.4 Å². The second-order valence-electron chi connectivity index (χ2n) is 6.72. The van der Waals surface area contributed by atoms with E-state index in [2.05, 4.69) is 9.55 Å². The molecule has 0 bridgehead atoms. The third-order valence-electron chi connectivity index (χ3n) is 4.73. The normalized spacial score (nSPS) is 12.5. The number of carbonyl (C=O) groups is 1. The van der Waals surface area contributed by atoms with E-state index in [1.807, 2.05) is 26.8 Å². The number of nitrogens with zero attached hydrogens (tertiary/aromatic N) is 3. The van der Waals surface area contributed by atoms with Gasteiger partial charge in [-0.2, -0.15) is 0 Å². The van der Waals surface area contributed by atoms with E-state index >= 15 is 0 Å². The van der Waals surface area contributed by atoms with Crippen LogP contribution in [0.4, 0.5) is 0 Å². The molecule has 7 heteroatoms. The molecule has 0 fully saturated rings. The Bertz CT molecular complexity index is 1070. The van der Waals surface area contributed by atoms with Crippen molar-refractivity contribution in [2.75, 3.05) is 13.7 Å². The monoisotopic (exact) mass is 387 g/mol. The number of aromatic nitrogens is 3. The first kappa shape index (κ1) is 19.3. The molecule has 0 unspecified atom stereocenters. The van der Waals surface area contributed by atoms with Crippen molar-refractivity contribution in [3.05, 3.63) is 62.9 Å². The Balaban J connectivity index is 1.95. The molecule has 142 valence electrons. The summed E-state index contributed by atoms with van der Waals surface area (Å²) >= 11 is 5.99. The minimum Gasteiger partial charge on any atom is -0.383 e. The molecule has 0 N–H and O–H groups in total. The van der Waals surface area contributed by atoms with Gasteiger partial charge in [0.25, 0.3) is 5.56 Å². The lowest BCUT2D eigenvalue weighted by Gasteiger charge is -2.17. The third-order valence-corrected chi connectivity index (χ3v) is 4.97. The van der Waals surface area contributed by atoms with Gasteiger partial charge in [-0.25, -0.2) is 4.98 Å². The summed E-state index contributed by atoms with van der Waals surface area (Å²) in [4.78, 5) is 29.8. The number of benzene rings is 1. The summed E-state index contributed by atoms with van der Waals surface area (Å²) in [7, 11) is 1.65. The van der Waals surface area contributed by atoms with Crippen LogP contribution in [0, 0.1) is 13.8 Å². The molecule has 0 saturated heterocycles. The van der Waals surface area contributed by atoms with E-state index in [1.165, 1.54) is 10.9 Å². The average Bonchev–Trinajstić information content (AvgIpc) is 2.92. The molecule has 6 nitrogen and oxygen atoms in total. The van der Waals surface area contributed by atoms with Crippen molar-refractivity contribution in [2.24, 2.45) is 0 Å². The van der Waals surface area contributed by atoms with Crippen LogP contribution in [0.25, 0.3) is 10.9 Å². The molecule has 0 aliphatic heterocycles. The van der Waals surface area contributed by atoms with Gasteiger partial charge in [-0.15, -0.1) is 0 Å². The maximum atomic E-state index is 12.9. The fourth-order valence-corrected chi connectivity index (χ4v) is 3.71. The van der Waals surface area contributed by atoms with E-state index in [0.717, 1.165) is 11.4 Å². The highest BCUT2D eigenvalue weighted by atomic mass is 35.5. The topological polar surface area (TPSA) is 66.1 Å². The molecule has 1 aromatic carbocycles. The largest absolute Gasteiger partial charge is 0.383 e. The SMILES string of the molecule is COC[C@H](C)n1c(C)cc(C(=O)Cn2cnc3ccc(Cl)cc3c2=O)c1C. The van der Waals surface area contributed by atoms with Crippen molar-refractivity contribution in [3.8, 4) is 0 Å². The summed E-state index contributed by atoms with van der Waals surface area (Å²) in [6.45, 7) is 6.39. The lowest BCUT2D eigenvalue weighted by molar-refractivity contribution is 0.0969. The lowest BCUT2D eigenvalue weighted by Crippen LogP contribution is -2.25. The number of fused-ring (bicyclic) bond motifs is 1. The second kappa shape index (κ2) is 7.66. The van der Waals surface area contributed by atoms with Gasteiger partial charge in [0, 0.05) is 29.1 Å². The highest BCUT2D eigenvalue weighted by Crippen LogP contribution is 2.21. The van der Waals surface area contributed by atoms with Crippen LogP contribution in [0.3, 0.4) is 0 Å². The molecule has 0 spiro atoms. The van der Waals surface area contributed by atoms with E-state index in [9.17, 15) is 9.59 Å². The van der Waals surface area contributed by atoms with Crippen LogP contribution in [0.2, 0.25) is 5.02 Å². The zero-order valence-corrected chi connectivity index (χ0v) is 16.6. The van der Waals surface area contributed by atoms with Crippen LogP contribution in [0.1, 0.15) is 34.7 Å². The standard InChI is InChI=1S/C20H22ClN3O3/c1-12-7-16(14(3)24(12)13(2)10-27-4)19(25)9-23-11-22-18-6-5-15(21)8-17(18)20(23)26/h5-8,11,13H,9-10H2,1-4H3/t13-/m0/s1. The van der Waals surface area contributed by atoms with Gasteiger partial charge in [0.2, 0.25) is 0 Å². The summed E-state index contributed by atoms with van der Waals surface area (Å²) in [5.41, 5.74) is 2.73. The zero-order chi connectivity index (χ0) is 19.7. The van der Waals surface area contributed by atoms with Crippen LogP contribution in [-0.2, 0) is 11.3 Å². The Morgan fingerprint density at radius 2 is 2.04 bits per heavy atom. The quantitative estimate of drug-likeness (QED) is 0.606. The molecule has 0 amide bonds. The molecule has 27 heavy (non-hydrogen) atoms. The number of hydrogen-bond acceptors (Lipinski definition) is 4. The van der Waals surface area contributed by atoms with Crippen LogP contribution in [0.5, 0.6) is 0 Å². The predicted octanol–water partition coefficient (Wildman–Crippen LogP) is 3.56. The van der Waals surface area contributed by atoms with Crippen LogP contribution in [-0.4, -0.2) is 33.6 Å². The van der Waals surface area contributed by atoms with Crippen molar-refractivity contribution in [1.82, 2.24) is 14.1 Å². The predicted molar refractivity (Wildman–Crippen MR) is 106 cm³/mol. The first-order valence-corrected chi connectivity index (χ1v) is 9.06. The number of halogens is 1. The molecule has 3 aromatic rings. The number of aryl methyl sites for hydroxylation is 1. The summed E-state index contributed by atoms with van der Waals surface area (Å²) in [6, 6.07) is 6.92. The van der Waals surface area contributed by atoms with E-state index in [-0.39, 0.29) is 23.9 Å². The fraction of sp³-hybridized carbons (Fsp3) is 0.350. The minimum absolute atomic E-state index is 0.0722. The molecule has 2 heterocycles.